The van der Waals surface area contributed by atoms with Crippen LogP contribution >= 0.6 is 0 Å². The molecule has 1 fully saturated rings. The van der Waals surface area contributed by atoms with Crippen molar-refractivity contribution in [3.63, 3.8) is 0 Å². The van der Waals surface area contributed by atoms with E-state index in [4.69, 9.17) is 4.74 Å². The standard InChI is InChI=1S/C15H22O2/c1-3-12-4-6-13(7-5-12)10-15(16,11-17-2)14-8-9-14/h4-7,14,16H,3,8-11H2,1-2H3. The van der Waals surface area contributed by atoms with Crippen LogP contribution in [0.5, 0.6) is 0 Å². The van der Waals surface area contributed by atoms with Crippen LogP contribution in [0, 0.1) is 5.92 Å². The molecule has 0 heterocycles. The maximum Gasteiger partial charge on any atom is 0.0947 e. The minimum Gasteiger partial charge on any atom is -0.387 e. The van der Waals surface area contributed by atoms with Crippen molar-refractivity contribution >= 4 is 0 Å². The summed E-state index contributed by atoms with van der Waals surface area (Å²) < 4.78 is 5.18. The van der Waals surface area contributed by atoms with E-state index in [0.717, 1.165) is 19.3 Å². The molecule has 2 nitrogen and oxygen atoms in total. The maximum absolute atomic E-state index is 10.6. The molecule has 0 bridgehead atoms. The number of rotatable bonds is 6. The minimum atomic E-state index is -0.664. The van der Waals surface area contributed by atoms with Gasteiger partial charge in [-0.15, -0.1) is 0 Å². The molecule has 1 atom stereocenters. The number of aliphatic hydroxyl groups is 1. The number of hydrogen-bond donors (Lipinski definition) is 1. The predicted octanol–water partition coefficient (Wildman–Crippen LogP) is 2.58. The van der Waals surface area contributed by atoms with E-state index in [0.29, 0.717) is 18.9 Å². The molecule has 1 N–H and O–H groups in total. The van der Waals surface area contributed by atoms with Gasteiger partial charge in [0.1, 0.15) is 0 Å². The zero-order chi connectivity index (χ0) is 12.3. The largest absolute Gasteiger partial charge is 0.387 e. The Labute approximate surface area is 104 Å². The lowest BCUT2D eigenvalue weighted by molar-refractivity contribution is -0.0474. The third-order valence-corrected chi connectivity index (χ3v) is 3.67. The van der Waals surface area contributed by atoms with Gasteiger partial charge in [0.2, 0.25) is 0 Å². The van der Waals surface area contributed by atoms with Gasteiger partial charge >= 0.3 is 0 Å². The lowest BCUT2D eigenvalue weighted by atomic mass is 9.90. The zero-order valence-corrected chi connectivity index (χ0v) is 10.8. The molecule has 2 heteroatoms. The molecule has 1 saturated carbocycles. The Bertz CT molecular complexity index is 354. The van der Waals surface area contributed by atoms with Crippen LogP contribution in [0.4, 0.5) is 0 Å². The molecule has 94 valence electrons. The first-order valence-electron chi connectivity index (χ1n) is 6.47. The van der Waals surface area contributed by atoms with E-state index in [-0.39, 0.29) is 0 Å². The molecule has 2 rings (SSSR count). The van der Waals surface area contributed by atoms with Crippen LogP contribution in [0.15, 0.2) is 24.3 Å². The molecule has 0 amide bonds. The molecule has 1 aromatic rings. The normalized spacial score (nSPS) is 19.0. The van der Waals surface area contributed by atoms with Crippen LogP contribution in [-0.2, 0) is 17.6 Å². The van der Waals surface area contributed by atoms with Crippen molar-refractivity contribution in [3.05, 3.63) is 35.4 Å². The van der Waals surface area contributed by atoms with Gasteiger partial charge in [-0.2, -0.15) is 0 Å². The second-order valence-corrected chi connectivity index (χ2v) is 5.16. The second-order valence-electron chi connectivity index (χ2n) is 5.16. The Balaban J connectivity index is 2.06. The molecule has 1 aliphatic carbocycles. The smallest absolute Gasteiger partial charge is 0.0947 e. The molecule has 0 aliphatic heterocycles. The van der Waals surface area contributed by atoms with Crippen molar-refractivity contribution < 1.29 is 9.84 Å². The average molecular weight is 234 g/mol. The lowest BCUT2D eigenvalue weighted by Gasteiger charge is -2.27. The Morgan fingerprint density at radius 3 is 2.29 bits per heavy atom. The van der Waals surface area contributed by atoms with Crippen LogP contribution < -0.4 is 0 Å². The van der Waals surface area contributed by atoms with Crippen LogP contribution in [0.2, 0.25) is 0 Å². The molecule has 0 aromatic heterocycles. The highest BCUT2D eigenvalue weighted by Gasteiger charge is 2.43. The van der Waals surface area contributed by atoms with E-state index in [2.05, 4.69) is 31.2 Å². The summed E-state index contributed by atoms with van der Waals surface area (Å²) in [6.45, 7) is 2.59. The molecule has 1 unspecified atom stereocenters. The summed E-state index contributed by atoms with van der Waals surface area (Å²) in [6, 6.07) is 8.55. The van der Waals surface area contributed by atoms with E-state index in [1.165, 1.54) is 11.1 Å². The number of benzene rings is 1. The van der Waals surface area contributed by atoms with Crippen molar-refractivity contribution in [2.24, 2.45) is 5.92 Å². The third kappa shape index (κ3) is 3.08. The fourth-order valence-electron chi connectivity index (χ4n) is 2.43. The van der Waals surface area contributed by atoms with E-state index >= 15 is 0 Å². The fraction of sp³-hybridized carbons (Fsp3) is 0.600. The summed E-state index contributed by atoms with van der Waals surface area (Å²) in [5.74, 6) is 0.424. The first kappa shape index (κ1) is 12.6. The van der Waals surface area contributed by atoms with Gasteiger partial charge in [0, 0.05) is 13.5 Å². The van der Waals surface area contributed by atoms with Crippen molar-refractivity contribution in [2.75, 3.05) is 13.7 Å². The molecule has 0 saturated heterocycles. The molecule has 1 aromatic carbocycles. The number of aryl methyl sites for hydroxylation is 1. The molecule has 17 heavy (non-hydrogen) atoms. The maximum atomic E-state index is 10.6. The van der Waals surface area contributed by atoms with Crippen LogP contribution in [0.1, 0.15) is 30.9 Å². The van der Waals surface area contributed by atoms with Crippen LogP contribution in [0.25, 0.3) is 0 Å². The van der Waals surface area contributed by atoms with Crippen LogP contribution in [0.3, 0.4) is 0 Å². The van der Waals surface area contributed by atoms with Gasteiger partial charge in [0.15, 0.2) is 0 Å². The van der Waals surface area contributed by atoms with Crippen molar-refractivity contribution in [1.29, 1.82) is 0 Å². The Hall–Kier alpha value is -0.860. The molecular weight excluding hydrogens is 212 g/mol. The zero-order valence-electron chi connectivity index (χ0n) is 10.8. The number of methoxy groups -OCH3 is 1. The summed E-state index contributed by atoms with van der Waals surface area (Å²) in [5.41, 5.74) is 1.88. The highest BCUT2D eigenvalue weighted by atomic mass is 16.5. The summed E-state index contributed by atoms with van der Waals surface area (Å²) in [6.07, 6.45) is 4.03. The highest BCUT2D eigenvalue weighted by Crippen LogP contribution is 2.41. The Morgan fingerprint density at radius 2 is 1.82 bits per heavy atom. The van der Waals surface area contributed by atoms with Gasteiger partial charge < -0.3 is 9.84 Å². The highest BCUT2D eigenvalue weighted by molar-refractivity contribution is 5.24. The van der Waals surface area contributed by atoms with Crippen molar-refractivity contribution in [3.8, 4) is 0 Å². The molecular formula is C15H22O2. The van der Waals surface area contributed by atoms with E-state index in [1.807, 2.05) is 0 Å². The van der Waals surface area contributed by atoms with Gasteiger partial charge in [-0.25, -0.2) is 0 Å². The monoisotopic (exact) mass is 234 g/mol. The van der Waals surface area contributed by atoms with E-state index in [9.17, 15) is 5.11 Å². The third-order valence-electron chi connectivity index (χ3n) is 3.67. The number of ether oxygens (including phenoxy) is 1. The topological polar surface area (TPSA) is 29.5 Å². The molecule has 1 aliphatic rings. The van der Waals surface area contributed by atoms with E-state index < -0.39 is 5.60 Å². The summed E-state index contributed by atoms with van der Waals surface area (Å²) in [4.78, 5) is 0. The van der Waals surface area contributed by atoms with Gasteiger partial charge in [0.05, 0.1) is 12.2 Å². The first-order valence-corrected chi connectivity index (χ1v) is 6.47. The van der Waals surface area contributed by atoms with Gasteiger partial charge in [-0.05, 0) is 36.3 Å². The summed E-state index contributed by atoms with van der Waals surface area (Å²) in [5, 5.41) is 10.6. The minimum absolute atomic E-state index is 0.424. The fourth-order valence-corrected chi connectivity index (χ4v) is 2.43. The second kappa shape index (κ2) is 5.19. The first-order chi connectivity index (χ1) is 8.18. The summed E-state index contributed by atoms with van der Waals surface area (Å²) >= 11 is 0. The lowest BCUT2D eigenvalue weighted by Crippen LogP contribution is -2.39. The molecule has 0 spiro atoms. The number of hydrogen-bond acceptors (Lipinski definition) is 2. The van der Waals surface area contributed by atoms with Gasteiger partial charge in [-0.1, -0.05) is 31.2 Å². The van der Waals surface area contributed by atoms with Crippen molar-refractivity contribution in [2.45, 2.75) is 38.2 Å². The molecule has 0 radical (unpaired) electrons. The predicted molar refractivity (Wildman–Crippen MR) is 69.1 cm³/mol. The Kier molecular flexibility index (Phi) is 3.85. The summed E-state index contributed by atoms with van der Waals surface area (Å²) in [7, 11) is 1.66. The van der Waals surface area contributed by atoms with Crippen molar-refractivity contribution in [1.82, 2.24) is 0 Å². The van der Waals surface area contributed by atoms with Gasteiger partial charge in [0.25, 0.3) is 0 Å². The SMILES string of the molecule is CCc1ccc(CC(O)(COC)C2CC2)cc1. The van der Waals surface area contributed by atoms with E-state index in [1.54, 1.807) is 7.11 Å². The Morgan fingerprint density at radius 1 is 1.24 bits per heavy atom. The average Bonchev–Trinajstić information content (AvgIpc) is 3.14. The quantitative estimate of drug-likeness (QED) is 0.819. The van der Waals surface area contributed by atoms with Crippen LogP contribution in [-0.4, -0.2) is 24.4 Å². The van der Waals surface area contributed by atoms with Gasteiger partial charge in [-0.3, -0.25) is 0 Å².